The molecule has 0 radical (unpaired) electrons. The summed E-state index contributed by atoms with van der Waals surface area (Å²) in [5, 5.41) is 0. The maximum Gasteiger partial charge on any atom is 0.420 e. The average molecular weight is 754 g/mol. The molecule has 14 heteroatoms. The smallest absolute Gasteiger partial charge is 0.420 e. The van der Waals surface area contributed by atoms with Gasteiger partial charge in [0.2, 0.25) is 0 Å². The third-order valence-electron chi connectivity index (χ3n) is 10.4. The van der Waals surface area contributed by atoms with Crippen molar-refractivity contribution in [2.45, 2.75) is 116 Å². The number of esters is 2. The highest BCUT2D eigenvalue weighted by molar-refractivity contribution is 6.00. The van der Waals surface area contributed by atoms with Gasteiger partial charge in [-0.05, 0) is 84.8 Å². The molecule has 0 N–H and O–H groups in total. The van der Waals surface area contributed by atoms with Crippen LogP contribution in [-0.2, 0) is 42.8 Å². The molecule has 3 heterocycles. The van der Waals surface area contributed by atoms with E-state index in [9.17, 15) is 24.0 Å². The van der Waals surface area contributed by atoms with Gasteiger partial charge in [0.05, 0.1) is 29.9 Å². The van der Waals surface area contributed by atoms with Crippen molar-refractivity contribution in [3.63, 3.8) is 0 Å². The second-order valence-corrected chi connectivity index (χ2v) is 14.8. The van der Waals surface area contributed by atoms with Gasteiger partial charge in [0.25, 0.3) is 0 Å². The summed E-state index contributed by atoms with van der Waals surface area (Å²) in [5.41, 5.74) is -0.976. The molecule has 4 rings (SSSR count). The van der Waals surface area contributed by atoms with E-state index < -0.39 is 77.9 Å². The number of hydrogen-bond donors (Lipinski definition) is 0. The lowest BCUT2D eigenvalue weighted by molar-refractivity contribution is -0.283. The number of nitrogens with zero attached hydrogens (tertiary/aromatic N) is 3. The second-order valence-electron chi connectivity index (χ2n) is 14.8. The van der Waals surface area contributed by atoms with Gasteiger partial charge >= 0.3 is 18.0 Å². The lowest BCUT2D eigenvalue weighted by Gasteiger charge is -2.45. The van der Waals surface area contributed by atoms with Crippen LogP contribution in [0.3, 0.4) is 0 Å². The number of hydrogen-bond acceptors (Lipinski definition) is 13. The van der Waals surface area contributed by atoms with Crippen LogP contribution in [-0.4, -0.2) is 114 Å². The van der Waals surface area contributed by atoms with Crippen molar-refractivity contribution in [1.29, 1.82) is 0 Å². The van der Waals surface area contributed by atoms with Gasteiger partial charge in [0, 0.05) is 31.3 Å². The van der Waals surface area contributed by atoms with Crippen LogP contribution in [0, 0.1) is 17.8 Å². The summed E-state index contributed by atoms with van der Waals surface area (Å²) in [7, 11) is 5.20. The third-order valence-corrected chi connectivity index (χ3v) is 10.4. The number of methoxy groups -OCH3 is 1. The fraction of sp³-hybridized carbons (Fsp3) is 0.600. The minimum atomic E-state index is -1.60. The monoisotopic (exact) mass is 753 g/mol. The van der Waals surface area contributed by atoms with Gasteiger partial charge in [-0.25, -0.2) is 19.1 Å². The number of imidazole rings is 1. The fourth-order valence-corrected chi connectivity index (χ4v) is 7.24. The highest BCUT2D eigenvalue weighted by atomic mass is 16.7. The molecule has 0 unspecified atom stereocenters. The molecule has 2 aromatic rings. The summed E-state index contributed by atoms with van der Waals surface area (Å²) >= 11 is 0. The Kier molecular flexibility index (Phi) is 14.5. The number of rotatable bonds is 8. The van der Waals surface area contributed by atoms with Crippen LogP contribution in [0.15, 0.2) is 60.7 Å². The number of cyclic esters (lactones) is 1. The first-order valence-electron chi connectivity index (χ1n) is 18.5. The van der Waals surface area contributed by atoms with Gasteiger partial charge < -0.3 is 33.3 Å². The fourth-order valence-electron chi connectivity index (χ4n) is 7.24. The number of ketones is 2. The van der Waals surface area contributed by atoms with Gasteiger partial charge in [0.15, 0.2) is 29.6 Å². The number of aromatic nitrogens is 2. The zero-order valence-corrected chi connectivity index (χ0v) is 32.9. The standard InChI is InChI=1S/C40H55N3O11/c1-11-31-40(7,54-39(48)43-18-17-41-22-43)21-24(3)32(44)23(2)19-30(49-10)34(26(5)33(45)27(6)36(46)51-31)53-38-35(29(42(8)9)20-25(4)50-38)52-37(47)28-15-13-12-14-16-28/h12-18,21-23,25-27,29-31,34-35,38H,11,19-20H2,1-10H3/b24-21+/t23-,25-,26+,27-,29+,30+,31-,34-,35-,38+,40+/m1/s1. The predicted octanol–water partition coefficient (Wildman–Crippen LogP) is 5.04. The number of benzene rings is 1. The van der Waals surface area contributed by atoms with Crippen LogP contribution < -0.4 is 0 Å². The van der Waals surface area contributed by atoms with Gasteiger partial charge in [-0.2, -0.15) is 0 Å². The molecule has 0 amide bonds. The first-order chi connectivity index (χ1) is 25.5. The van der Waals surface area contributed by atoms with Crippen LogP contribution in [0.4, 0.5) is 4.79 Å². The molecular weight excluding hydrogens is 698 g/mol. The van der Waals surface area contributed by atoms with E-state index in [2.05, 4.69) is 4.98 Å². The quantitative estimate of drug-likeness (QED) is 0.201. The molecule has 0 saturated carbocycles. The summed E-state index contributed by atoms with van der Waals surface area (Å²) in [6.45, 7) is 11.6. The number of Topliss-reactive ketones (excluding diaryl/α,β-unsaturated/α-hetero) is 2. The van der Waals surface area contributed by atoms with E-state index in [1.807, 2.05) is 25.9 Å². The molecule has 0 spiro atoms. The van der Waals surface area contributed by atoms with Crippen molar-refractivity contribution in [1.82, 2.24) is 14.5 Å². The Bertz CT molecular complexity index is 1640. The SMILES string of the molecule is CC[C@H]1OC(=O)[C@H](C)C(=O)[C@H](C)[C@@H](O[C@@H]2O[C@H](C)C[C@H](N(C)C)[C@H]2OC(=O)c2ccccc2)[C@@H](OC)C[C@@H](C)C(=O)/C(C)=C/[C@]1(C)OC(=O)n1ccnc1. The zero-order chi connectivity index (χ0) is 39.9. The van der Waals surface area contributed by atoms with Gasteiger partial charge in [-0.15, -0.1) is 0 Å². The second kappa shape index (κ2) is 18.4. The summed E-state index contributed by atoms with van der Waals surface area (Å²) in [6, 6.07) is 8.26. The predicted molar refractivity (Wildman–Crippen MR) is 196 cm³/mol. The van der Waals surface area contributed by atoms with E-state index in [-0.39, 0.29) is 36.3 Å². The normalized spacial score (nSPS) is 34.0. The van der Waals surface area contributed by atoms with E-state index in [0.717, 1.165) is 4.57 Å². The molecule has 296 valence electrons. The maximum atomic E-state index is 14.3. The number of allylic oxidation sites excluding steroid dienone is 1. The molecule has 0 aliphatic carbocycles. The Morgan fingerprint density at radius 1 is 1.04 bits per heavy atom. The summed E-state index contributed by atoms with van der Waals surface area (Å²) in [5.74, 6) is -5.13. The van der Waals surface area contributed by atoms with Crippen LogP contribution in [0.2, 0.25) is 0 Å². The Balaban J connectivity index is 1.74. The maximum absolute atomic E-state index is 14.3. The number of ether oxygens (including phenoxy) is 6. The molecule has 1 aromatic carbocycles. The van der Waals surface area contributed by atoms with Crippen LogP contribution in [0.1, 0.15) is 78.1 Å². The lowest BCUT2D eigenvalue weighted by Crippen LogP contribution is -2.58. The van der Waals surface area contributed by atoms with Crippen molar-refractivity contribution < 1.29 is 52.4 Å². The summed E-state index contributed by atoms with van der Waals surface area (Å²) in [6.07, 6.45) is 0.253. The van der Waals surface area contributed by atoms with Gasteiger partial charge in [-0.3, -0.25) is 14.4 Å². The molecule has 1 saturated heterocycles. The molecule has 1 fully saturated rings. The minimum Gasteiger partial charge on any atom is -0.457 e. The van der Waals surface area contributed by atoms with Crippen molar-refractivity contribution in [2.75, 3.05) is 21.2 Å². The van der Waals surface area contributed by atoms with Crippen molar-refractivity contribution in [3.8, 4) is 0 Å². The molecule has 2 aliphatic heterocycles. The van der Waals surface area contributed by atoms with E-state index in [4.69, 9.17) is 28.4 Å². The van der Waals surface area contributed by atoms with Crippen molar-refractivity contribution >= 4 is 29.6 Å². The highest BCUT2D eigenvalue weighted by Crippen LogP contribution is 2.34. The average Bonchev–Trinajstić information content (AvgIpc) is 3.70. The Labute approximate surface area is 317 Å². The van der Waals surface area contributed by atoms with Gasteiger partial charge in [-0.1, -0.05) is 39.0 Å². The van der Waals surface area contributed by atoms with Crippen molar-refractivity contribution in [3.05, 3.63) is 66.3 Å². The van der Waals surface area contributed by atoms with Crippen LogP contribution in [0.5, 0.6) is 0 Å². The molecule has 14 nitrogen and oxygen atoms in total. The first-order valence-corrected chi connectivity index (χ1v) is 18.5. The zero-order valence-electron chi connectivity index (χ0n) is 32.9. The van der Waals surface area contributed by atoms with Crippen LogP contribution in [0.25, 0.3) is 0 Å². The van der Waals surface area contributed by atoms with Crippen LogP contribution >= 0.6 is 0 Å². The highest BCUT2D eigenvalue weighted by Gasteiger charge is 2.48. The molecule has 0 bridgehead atoms. The molecule has 2 aliphatic rings. The summed E-state index contributed by atoms with van der Waals surface area (Å²) < 4.78 is 38.1. The summed E-state index contributed by atoms with van der Waals surface area (Å²) in [4.78, 5) is 74.4. The van der Waals surface area contributed by atoms with E-state index >= 15 is 0 Å². The minimum absolute atomic E-state index is 0.109. The molecule has 11 atom stereocenters. The van der Waals surface area contributed by atoms with Gasteiger partial charge in [0.1, 0.15) is 18.3 Å². The van der Waals surface area contributed by atoms with E-state index in [1.54, 1.807) is 65.0 Å². The largest absolute Gasteiger partial charge is 0.457 e. The molecular formula is C40H55N3O11. The number of carbonyl (C=O) groups is 5. The Morgan fingerprint density at radius 3 is 2.31 bits per heavy atom. The topological polar surface area (TPSA) is 162 Å². The first kappa shape index (κ1) is 42.5. The lowest BCUT2D eigenvalue weighted by atomic mass is 9.83. The Morgan fingerprint density at radius 2 is 1.72 bits per heavy atom. The molecule has 1 aromatic heterocycles. The van der Waals surface area contributed by atoms with E-state index in [1.165, 1.54) is 38.8 Å². The molecule has 54 heavy (non-hydrogen) atoms. The third kappa shape index (κ3) is 9.89. The Hall–Kier alpha value is -4.24. The number of carbonyl (C=O) groups excluding carboxylic acids is 5. The number of likely N-dealkylation sites (N-methyl/N-ethyl adjacent to an activating group) is 1. The van der Waals surface area contributed by atoms with E-state index in [0.29, 0.717) is 12.0 Å². The van der Waals surface area contributed by atoms with Crippen molar-refractivity contribution in [2.24, 2.45) is 17.8 Å².